The Labute approximate surface area is 79.5 Å². The first kappa shape index (κ1) is 12.1. The predicted molar refractivity (Wildman–Crippen MR) is 50.3 cm³/mol. The number of hydrogen-bond acceptors (Lipinski definition) is 3. The second kappa shape index (κ2) is 6.63. The van der Waals surface area contributed by atoms with E-state index >= 15 is 0 Å². The third kappa shape index (κ3) is 7.50. The van der Waals surface area contributed by atoms with E-state index in [1.807, 2.05) is 0 Å². The molecular weight excluding hydrogens is 168 g/mol. The molecule has 0 unspecified atom stereocenters. The van der Waals surface area contributed by atoms with Crippen LogP contribution < -0.4 is 0 Å². The fourth-order valence-electron chi connectivity index (χ4n) is 0.911. The van der Waals surface area contributed by atoms with Crippen LogP contribution in [0, 0.1) is 5.92 Å². The van der Waals surface area contributed by atoms with E-state index in [-0.39, 0.29) is 12.2 Å². The Kier molecular flexibility index (Phi) is 6.20. The van der Waals surface area contributed by atoms with Crippen LogP contribution in [0.3, 0.4) is 0 Å². The van der Waals surface area contributed by atoms with Crippen LogP contribution in [0.1, 0.15) is 40.0 Å². The summed E-state index contributed by atoms with van der Waals surface area (Å²) in [6.45, 7) is 6.18. The van der Waals surface area contributed by atoms with Gasteiger partial charge in [0, 0.05) is 6.42 Å². The maximum Gasteiger partial charge on any atom is 0.313 e. The highest BCUT2D eigenvalue weighted by Gasteiger charge is 2.10. The minimum Gasteiger partial charge on any atom is -0.466 e. The molecule has 0 heterocycles. The zero-order valence-electron chi connectivity index (χ0n) is 8.63. The maximum absolute atomic E-state index is 11.1. The van der Waals surface area contributed by atoms with E-state index in [1.54, 1.807) is 6.92 Å². The lowest BCUT2D eigenvalue weighted by Gasteiger charge is -2.03. The molecule has 0 saturated carbocycles. The van der Waals surface area contributed by atoms with Gasteiger partial charge in [0.1, 0.15) is 12.2 Å². The normalized spacial score (nSPS) is 10.2. The lowest BCUT2D eigenvalue weighted by Crippen LogP contribution is -2.11. The molecule has 0 aromatic heterocycles. The van der Waals surface area contributed by atoms with Crippen molar-refractivity contribution in [1.29, 1.82) is 0 Å². The topological polar surface area (TPSA) is 43.4 Å². The van der Waals surface area contributed by atoms with Gasteiger partial charge in [-0.3, -0.25) is 9.59 Å². The molecule has 76 valence electrons. The SMILES string of the molecule is CCOC(=O)CC(=O)CCC(C)C. The van der Waals surface area contributed by atoms with Crippen molar-refractivity contribution in [2.45, 2.75) is 40.0 Å². The van der Waals surface area contributed by atoms with Crippen LogP contribution in [0.5, 0.6) is 0 Å². The molecule has 0 aliphatic carbocycles. The largest absolute Gasteiger partial charge is 0.466 e. The van der Waals surface area contributed by atoms with Crippen LogP contribution in [0.4, 0.5) is 0 Å². The standard InChI is InChI=1S/C10H18O3/c1-4-13-10(12)7-9(11)6-5-8(2)3/h8H,4-7H2,1-3H3. The van der Waals surface area contributed by atoms with Gasteiger partial charge in [0.15, 0.2) is 0 Å². The Balaban J connectivity index is 3.56. The quantitative estimate of drug-likeness (QED) is 0.470. The Morgan fingerprint density at radius 2 is 1.92 bits per heavy atom. The average molecular weight is 186 g/mol. The van der Waals surface area contributed by atoms with Gasteiger partial charge in [0.05, 0.1) is 6.61 Å². The highest BCUT2D eigenvalue weighted by molar-refractivity contribution is 5.95. The predicted octanol–water partition coefficient (Wildman–Crippen LogP) is 1.94. The molecule has 0 aliphatic heterocycles. The summed E-state index contributed by atoms with van der Waals surface area (Å²) < 4.78 is 4.66. The summed E-state index contributed by atoms with van der Waals surface area (Å²) in [6.07, 6.45) is 1.26. The molecule has 0 radical (unpaired) electrons. The van der Waals surface area contributed by atoms with Crippen LogP contribution in [0.2, 0.25) is 0 Å². The Hall–Kier alpha value is -0.860. The summed E-state index contributed by atoms with van der Waals surface area (Å²) >= 11 is 0. The second-order valence-corrected chi connectivity index (χ2v) is 3.45. The summed E-state index contributed by atoms with van der Waals surface area (Å²) in [5.41, 5.74) is 0. The fourth-order valence-corrected chi connectivity index (χ4v) is 0.911. The molecular formula is C10H18O3. The summed E-state index contributed by atoms with van der Waals surface area (Å²) in [5, 5.41) is 0. The van der Waals surface area contributed by atoms with Crippen molar-refractivity contribution >= 4 is 11.8 Å². The molecule has 0 bridgehead atoms. The molecule has 3 heteroatoms. The van der Waals surface area contributed by atoms with Gasteiger partial charge in [-0.25, -0.2) is 0 Å². The van der Waals surface area contributed by atoms with E-state index in [4.69, 9.17) is 0 Å². The van der Waals surface area contributed by atoms with Gasteiger partial charge in [-0.15, -0.1) is 0 Å². The van der Waals surface area contributed by atoms with E-state index in [9.17, 15) is 9.59 Å². The zero-order valence-corrected chi connectivity index (χ0v) is 8.63. The summed E-state index contributed by atoms with van der Waals surface area (Å²) in [6, 6.07) is 0. The van der Waals surface area contributed by atoms with Crippen molar-refractivity contribution < 1.29 is 14.3 Å². The summed E-state index contributed by atoms with van der Waals surface area (Å²) in [4.78, 5) is 22.0. The number of ketones is 1. The van der Waals surface area contributed by atoms with Crippen molar-refractivity contribution in [3.8, 4) is 0 Å². The average Bonchev–Trinajstić information content (AvgIpc) is 2.01. The van der Waals surface area contributed by atoms with Gasteiger partial charge in [-0.1, -0.05) is 13.8 Å². The number of Topliss-reactive ketones (excluding diaryl/α,β-unsaturated/α-hetero) is 1. The van der Waals surface area contributed by atoms with E-state index in [1.165, 1.54) is 0 Å². The first-order valence-corrected chi connectivity index (χ1v) is 4.73. The van der Waals surface area contributed by atoms with Crippen molar-refractivity contribution in [3.63, 3.8) is 0 Å². The van der Waals surface area contributed by atoms with E-state index in [2.05, 4.69) is 18.6 Å². The van der Waals surface area contributed by atoms with Crippen LogP contribution in [0.25, 0.3) is 0 Å². The van der Waals surface area contributed by atoms with Crippen molar-refractivity contribution in [2.24, 2.45) is 5.92 Å². The van der Waals surface area contributed by atoms with Gasteiger partial charge in [-0.2, -0.15) is 0 Å². The highest BCUT2D eigenvalue weighted by Crippen LogP contribution is 2.05. The van der Waals surface area contributed by atoms with Crippen molar-refractivity contribution in [3.05, 3.63) is 0 Å². The molecule has 0 rings (SSSR count). The molecule has 0 N–H and O–H groups in total. The summed E-state index contributed by atoms with van der Waals surface area (Å²) in [7, 11) is 0. The second-order valence-electron chi connectivity index (χ2n) is 3.45. The van der Waals surface area contributed by atoms with Gasteiger partial charge in [0.2, 0.25) is 0 Å². The molecule has 0 saturated heterocycles. The molecule has 0 fully saturated rings. The van der Waals surface area contributed by atoms with Crippen LogP contribution in [-0.2, 0) is 14.3 Å². The number of carbonyl (C=O) groups is 2. The molecule has 0 amide bonds. The van der Waals surface area contributed by atoms with Crippen molar-refractivity contribution in [2.75, 3.05) is 6.61 Å². The minimum atomic E-state index is -0.406. The third-order valence-electron chi connectivity index (χ3n) is 1.65. The van der Waals surface area contributed by atoms with E-state index < -0.39 is 5.97 Å². The van der Waals surface area contributed by atoms with E-state index in [0.717, 1.165) is 6.42 Å². The lowest BCUT2D eigenvalue weighted by molar-refractivity contribution is -0.145. The first-order chi connectivity index (χ1) is 6.06. The molecule has 0 aromatic carbocycles. The molecule has 3 nitrogen and oxygen atoms in total. The number of hydrogen-bond donors (Lipinski definition) is 0. The Morgan fingerprint density at radius 3 is 2.38 bits per heavy atom. The van der Waals surface area contributed by atoms with Gasteiger partial charge < -0.3 is 4.74 Å². The zero-order chi connectivity index (χ0) is 10.3. The van der Waals surface area contributed by atoms with Gasteiger partial charge in [-0.05, 0) is 19.3 Å². The molecule has 0 aromatic rings. The maximum atomic E-state index is 11.1. The fraction of sp³-hybridized carbons (Fsp3) is 0.800. The summed E-state index contributed by atoms with van der Waals surface area (Å²) in [5.74, 6) is 0.0783. The number of rotatable bonds is 6. The number of ether oxygens (including phenoxy) is 1. The number of esters is 1. The highest BCUT2D eigenvalue weighted by atomic mass is 16.5. The minimum absolute atomic E-state index is 0.0212. The first-order valence-electron chi connectivity index (χ1n) is 4.73. The lowest BCUT2D eigenvalue weighted by atomic mass is 10.0. The molecule has 13 heavy (non-hydrogen) atoms. The number of carbonyl (C=O) groups excluding carboxylic acids is 2. The Bertz CT molecular complexity index is 173. The molecule has 0 atom stereocenters. The van der Waals surface area contributed by atoms with Gasteiger partial charge >= 0.3 is 5.97 Å². The van der Waals surface area contributed by atoms with Crippen molar-refractivity contribution in [1.82, 2.24) is 0 Å². The Morgan fingerprint density at radius 1 is 1.31 bits per heavy atom. The third-order valence-corrected chi connectivity index (χ3v) is 1.65. The monoisotopic (exact) mass is 186 g/mol. The smallest absolute Gasteiger partial charge is 0.313 e. The van der Waals surface area contributed by atoms with Gasteiger partial charge in [0.25, 0.3) is 0 Å². The van der Waals surface area contributed by atoms with Crippen LogP contribution in [0.15, 0.2) is 0 Å². The van der Waals surface area contributed by atoms with Crippen LogP contribution in [-0.4, -0.2) is 18.4 Å². The van der Waals surface area contributed by atoms with Crippen LogP contribution >= 0.6 is 0 Å². The van der Waals surface area contributed by atoms with E-state index in [0.29, 0.717) is 18.9 Å². The molecule has 0 spiro atoms. The molecule has 0 aliphatic rings.